The van der Waals surface area contributed by atoms with Gasteiger partial charge in [-0.3, -0.25) is 0 Å². The largest absolute Gasteiger partial charge is 0.457 e. The average Bonchev–Trinajstić information content (AvgIpc) is 3.43. The van der Waals surface area contributed by atoms with E-state index in [4.69, 9.17) is 4.74 Å². The number of nitrogens with zero attached hydrogens (tertiary/aromatic N) is 5. The predicted octanol–water partition coefficient (Wildman–Crippen LogP) is 3.37. The molecule has 0 saturated heterocycles. The third kappa shape index (κ3) is 3.55. The van der Waals surface area contributed by atoms with Gasteiger partial charge in [-0.1, -0.05) is 25.1 Å². The molecular weight excluding hydrogens is 354 g/mol. The van der Waals surface area contributed by atoms with Crippen LogP contribution in [0.1, 0.15) is 28.5 Å². The van der Waals surface area contributed by atoms with E-state index in [1.807, 2.05) is 61.7 Å². The van der Waals surface area contributed by atoms with Gasteiger partial charge in [-0.05, 0) is 42.3 Å². The van der Waals surface area contributed by atoms with Crippen molar-refractivity contribution in [2.24, 2.45) is 0 Å². The molecule has 4 aromatic rings. The zero-order chi connectivity index (χ0) is 19.3. The van der Waals surface area contributed by atoms with Crippen LogP contribution in [-0.2, 0) is 17.8 Å². The summed E-state index contributed by atoms with van der Waals surface area (Å²) in [5.41, 5.74) is 3.09. The number of pyridine rings is 1. The molecule has 0 atom stereocenters. The minimum absolute atomic E-state index is 0.191. The van der Waals surface area contributed by atoms with Gasteiger partial charge >= 0.3 is 5.97 Å². The number of carbonyl (C=O) groups is 1. The topological polar surface area (TPSA) is 74.8 Å². The second-order valence-electron chi connectivity index (χ2n) is 6.15. The van der Waals surface area contributed by atoms with Crippen LogP contribution >= 0.6 is 0 Å². The van der Waals surface area contributed by atoms with E-state index in [0.717, 1.165) is 16.9 Å². The summed E-state index contributed by atoms with van der Waals surface area (Å²) in [7, 11) is 0. The van der Waals surface area contributed by atoms with Gasteiger partial charge in [0.05, 0.1) is 17.6 Å². The summed E-state index contributed by atoms with van der Waals surface area (Å²) < 4.78 is 8.95. The van der Waals surface area contributed by atoms with Gasteiger partial charge < -0.3 is 4.74 Å². The summed E-state index contributed by atoms with van der Waals surface area (Å²) in [6, 6.07) is 15.2. The molecule has 1 aromatic carbocycles. The Morgan fingerprint density at radius 1 is 1.04 bits per heavy atom. The molecule has 28 heavy (non-hydrogen) atoms. The maximum atomic E-state index is 12.6. The molecule has 7 heteroatoms. The Hall–Kier alpha value is -3.74. The molecule has 0 spiro atoms. The molecule has 0 aliphatic carbocycles. The van der Waals surface area contributed by atoms with Crippen LogP contribution < -0.4 is 0 Å². The van der Waals surface area contributed by atoms with Crippen molar-refractivity contribution in [1.82, 2.24) is 24.5 Å². The first-order chi connectivity index (χ1) is 13.8. The summed E-state index contributed by atoms with van der Waals surface area (Å²) in [4.78, 5) is 16.9. The molecule has 3 aromatic heterocycles. The normalized spacial score (nSPS) is 10.8. The van der Waals surface area contributed by atoms with Crippen LogP contribution in [0.2, 0.25) is 0 Å². The Kier molecular flexibility index (Phi) is 4.97. The molecule has 0 fully saturated rings. The Bertz CT molecular complexity index is 1050. The first-order valence-corrected chi connectivity index (χ1v) is 9.00. The zero-order valence-corrected chi connectivity index (χ0v) is 15.4. The minimum Gasteiger partial charge on any atom is -0.457 e. The van der Waals surface area contributed by atoms with E-state index in [1.165, 1.54) is 6.20 Å². The van der Waals surface area contributed by atoms with E-state index in [1.54, 1.807) is 21.8 Å². The summed E-state index contributed by atoms with van der Waals surface area (Å²) in [5, 5.41) is 8.51. The van der Waals surface area contributed by atoms with Crippen LogP contribution in [0.5, 0.6) is 0 Å². The number of rotatable bonds is 6. The number of benzene rings is 1. The van der Waals surface area contributed by atoms with Crippen molar-refractivity contribution in [3.63, 3.8) is 0 Å². The van der Waals surface area contributed by atoms with E-state index >= 15 is 0 Å². The van der Waals surface area contributed by atoms with Crippen LogP contribution in [0, 0.1) is 0 Å². The highest BCUT2D eigenvalue weighted by Crippen LogP contribution is 2.16. The lowest BCUT2D eigenvalue weighted by molar-refractivity contribution is 0.0471. The van der Waals surface area contributed by atoms with E-state index < -0.39 is 5.97 Å². The van der Waals surface area contributed by atoms with Gasteiger partial charge in [0.15, 0.2) is 5.82 Å². The third-order valence-electron chi connectivity index (χ3n) is 4.37. The first kappa shape index (κ1) is 17.7. The van der Waals surface area contributed by atoms with Crippen LogP contribution in [0.15, 0.2) is 73.3 Å². The lowest BCUT2D eigenvalue weighted by Gasteiger charge is -2.08. The van der Waals surface area contributed by atoms with Crippen molar-refractivity contribution in [2.75, 3.05) is 0 Å². The maximum absolute atomic E-state index is 12.6. The van der Waals surface area contributed by atoms with Crippen LogP contribution in [-0.4, -0.2) is 30.5 Å². The number of hydrogen-bond acceptors (Lipinski definition) is 5. The van der Waals surface area contributed by atoms with E-state index in [2.05, 4.69) is 15.2 Å². The molecule has 0 aliphatic heterocycles. The Morgan fingerprint density at radius 2 is 1.89 bits per heavy atom. The molecule has 0 unspecified atom stereocenters. The van der Waals surface area contributed by atoms with Crippen molar-refractivity contribution in [1.29, 1.82) is 0 Å². The second-order valence-corrected chi connectivity index (χ2v) is 6.15. The summed E-state index contributed by atoms with van der Waals surface area (Å²) in [6.45, 7) is 2.16. The van der Waals surface area contributed by atoms with Gasteiger partial charge in [0, 0.05) is 18.6 Å². The fourth-order valence-electron chi connectivity index (χ4n) is 2.95. The van der Waals surface area contributed by atoms with Gasteiger partial charge in [-0.25, -0.2) is 19.1 Å². The Morgan fingerprint density at radius 3 is 2.57 bits per heavy atom. The number of hydrogen-bond donors (Lipinski definition) is 0. The second kappa shape index (κ2) is 7.87. The van der Waals surface area contributed by atoms with Crippen molar-refractivity contribution in [2.45, 2.75) is 20.0 Å². The molecule has 4 rings (SSSR count). The van der Waals surface area contributed by atoms with E-state index in [0.29, 0.717) is 17.8 Å². The smallest absolute Gasteiger partial charge is 0.341 e. The Balaban J connectivity index is 1.46. The Labute approximate surface area is 162 Å². The van der Waals surface area contributed by atoms with Crippen molar-refractivity contribution < 1.29 is 9.53 Å². The molecule has 0 aliphatic rings. The lowest BCUT2D eigenvalue weighted by Crippen LogP contribution is -2.10. The monoisotopic (exact) mass is 373 g/mol. The third-order valence-corrected chi connectivity index (χ3v) is 4.37. The highest BCUT2D eigenvalue weighted by atomic mass is 16.5. The molecule has 0 saturated carbocycles. The van der Waals surface area contributed by atoms with E-state index in [9.17, 15) is 4.79 Å². The van der Waals surface area contributed by atoms with Crippen molar-refractivity contribution in [3.8, 4) is 11.5 Å². The fraction of sp³-hybridized carbons (Fsp3) is 0.143. The van der Waals surface area contributed by atoms with Gasteiger partial charge in [0.25, 0.3) is 0 Å². The molecule has 3 heterocycles. The van der Waals surface area contributed by atoms with Gasteiger partial charge in [0.1, 0.15) is 12.2 Å². The molecule has 0 amide bonds. The lowest BCUT2D eigenvalue weighted by atomic mass is 10.2. The van der Waals surface area contributed by atoms with Gasteiger partial charge in [-0.15, -0.1) is 0 Å². The number of ether oxygens (including phenoxy) is 1. The SMILES string of the molecule is CCc1c(C(=O)OCc2ccc(-n3cccn3)cc2)cnn1-c1ccccn1. The fourth-order valence-corrected chi connectivity index (χ4v) is 2.95. The van der Waals surface area contributed by atoms with E-state index in [-0.39, 0.29) is 6.61 Å². The molecule has 140 valence electrons. The zero-order valence-electron chi connectivity index (χ0n) is 15.4. The highest BCUT2D eigenvalue weighted by molar-refractivity contribution is 5.90. The highest BCUT2D eigenvalue weighted by Gasteiger charge is 2.19. The number of esters is 1. The molecule has 7 nitrogen and oxygen atoms in total. The average molecular weight is 373 g/mol. The van der Waals surface area contributed by atoms with Crippen LogP contribution in [0.4, 0.5) is 0 Å². The quantitative estimate of drug-likeness (QED) is 0.485. The standard InChI is InChI=1S/C21H19N5O2/c1-2-19-18(14-24-26(19)20-6-3-4-11-22-20)21(27)28-15-16-7-9-17(10-8-16)25-13-5-12-23-25/h3-14H,2,15H2,1H3. The summed E-state index contributed by atoms with van der Waals surface area (Å²) >= 11 is 0. The molecule has 0 N–H and O–H groups in total. The van der Waals surface area contributed by atoms with Gasteiger partial charge in [-0.2, -0.15) is 10.2 Å². The molecule has 0 radical (unpaired) electrons. The predicted molar refractivity (Wildman–Crippen MR) is 103 cm³/mol. The van der Waals surface area contributed by atoms with Gasteiger partial charge in [0.2, 0.25) is 0 Å². The minimum atomic E-state index is -0.393. The van der Waals surface area contributed by atoms with Crippen molar-refractivity contribution >= 4 is 5.97 Å². The summed E-state index contributed by atoms with van der Waals surface area (Å²) in [5.74, 6) is 0.280. The number of carbonyl (C=O) groups excluding carboxylic acids is 1. The molecular formula is C21H19N5O2. The maximum Gasteiger partial charge on any atom is 0.341 e. The number of aromatic nitrogens is 5. The first-order valence-electron chi connectivity index (χ1n) is 9.00. The summed E-state index contributed by atoms with van der Waals surface area (Å²) in [6.07, 6.45) is 7.48. The van der Waals surface area contributed by atoms with Crippen LogP contribution in [0.25, 0.3) is 11.5 Å². The van der Waals surface area contributed by atoms with Crippen LogP contribution in [0.3, 0.4) is 0 Å². The van der Waals surface area contributed by atoms with Crippen molar-refractivity contribution in [3.05, 3.63) is 90.1 Å². The molecule has 0 bridgehead atoms.